The molecule has 88 valence electrons. The lowest BCUT2D eigenvalue weighted by atomic mass is 10.1. The normalized spacial score (nSPS) is 19.9. The molecule has 1 atom stereocenters. The van der Waals surface area contributed by atoms with Crippen molar-refractivity contribution in [3.63, 3.8) is 0 Å². The van der Waals surface area contributed by atoms with E-state index in [1.165, 1.54) is 0 Å². The highest BCUT2D eigenvalue weighted by molar-refractivity contribution is 5.75. The van der Waals surface area contributed by atoms with E-state index >= 15 is 0 Å². The molecule has 0 bridgehead atoms. The van der Waals surface area contributed by atoms with Gasteiger partial charge in [-0.25, -0.2) is 0 Å². The fourth-order valence-corrected chi connectivity index (χ4v) is 1.59. The maximum absolute atomic E-state index is 11.5. The summed E-state index contributed by atoms with van der Waals surface area (Å²) in [5.41, 5.74) is 5.71. The summed E-state index contributed by atoms with van der Waals surface area (Å²) in [7, 11) is 0. The minimum Gasteiger partial charge on any atom is -0.461 e. The van der Waals surface area contributed by atoms with Gasteiger partial charge in [0.05, 0.1) is 13.2 Å². The molecule has 0 unspecified atom stereocenters. The first kappa shape index (κ1) is 12.5. The van der Waals surface area contributed by atoms with Crippen molar-refractivity contribution < 1.29 is 14.3 Å². The minimum absolute atomic E-state index is 0.0129. The van der Waals surface area contributed by atoms with E-state index < -0.39 is 6.04 Å². The molecule has 1 rings (SSSR count). The summed E-state index contributed by atoms with van der Waals surface area (Å²) in [6.07, 6.45) is 4.36. The highest BCUT2D eigenvalue weighted by atomic mass is 16.6. The van der Waals surface area contributed by atoms with Crippen molar-refractivity contribution in [2.45, 2.75) is 51.2 Å². The molecule has 4 heteroatoms. The van der Waals surface area contributed by atoms with Crippen molar-refractivity contribution >= 4 is 5.97 Å². The molecule has 0 aromatic rings. The van der Waals surface area contributed by atoms with Crippen molar-refractivity contribution in [3.8, 4) is 0 Å². The second-order valence-corrected chi connectivity index (χ2v) is 4.00. The number of ether oxygens (including phenoxy) is 2. The van der Waals surface area contributed by atoms with Crippen LogP contribution in [0.1, 0.15) is 39.0 Å². The SMILES string of the molecule is CCCC[C@H](N)C(=O)OC1CCOCC1. The van der Waals surface area contributed by atoms with E-state index in [1.54, 1.807) is 0 Å². The lowest BCUT2D eigenvalue weighted by Crippen LogP contribution is -2.36. The quantitative estimate of drug-likeness (QED) is 0.701. The van der Waals surface area contributed by atoms with Crippen LogP contribution in [0.15, 0.2) is 0 Å². The summed E-state index contributed by atoms with van der Waals surface area (Å²) in [6, 6.07) is -0.451. The van der Waals surface area contributed by atoms with Crippen molar-refractivity contribution in [2.75, 3.05) is 13.2 Å². The Morgan fingerprint density at radius 1 is 1.53 bits per heavy atom. The van der Waals surface area contributed by atoms with Gasteiger partial charge in [-0.3, -0.25) is 4.79 Å². The number of nitrogens with two attached hydrogens (primary N) is 1. The highest BCUT2D eigenvalue weighted by Gasteiger charge is 2.21. The van der Waals surface area contributed by atoms with E-state index in [0.717, 1.165) is 32.1 Å². The Morgan fingerprint density at radius 3 is 2.80 bits per heavy atom. The first-order valence-electron chi connectivity index (χ1n) is 5.78. The molecule has 0 saturated carbocycles. The fourth-order valence-electron chi connectivity index (χ4n) is 1.59. The van der Waals surface area contributed by atoms with Crippen molar-refractivity contribution in [2.24, 2.45) is 5.73 Å². The van der Waals surface area contributed by atoms with Crippen molar-refractivity contribution in [1.82, 2.24) is 0 Å². The van der Waals surface area contributed by atoms with Crippen LogP contribution in [0.2, 0.25) is 0 Å². The molecular weight excluding hydrogens is 194 g/mol. The van der Waals surface area contributed by atoms with Crippen LogP contribution in [0.25, 0.3) is 0 Å². The minimum atomic E-state index is -0.451. The zero-order valence-electron chi connectivity index (χ0n) is 9.41. The predicted molar refractivity (Wildman–Crippen MR) is 57.4 cm³/mol. The lowest BCUT2D eigenvalue weighted by Gasteiger charge is -2.23. The number of carbonyl (C=O) groups excluding carboxylic acids is 1. The Labute approximate surface area is 91.1 Å². The molecule has 0 aromatic carbocycles. The van der Waals surface area contributed by atoms with Crippen LogP contribution in [-0.2, 0) is 14.3 Å². The van der Waals surface area contributed by atoms with Gasteiger partial charge in [-0.2, -0.15) is 0 Å². The Bertz CT molecular complexity index is 190. The Hall–Kier alpha value is -0.610. The molecule has 4 nitrogen and oxygen atoms in total. The average Bonchev–Trinajstić information content (AvgIpc) is 2.27. The van der Waals surface area contributed by atoms with Crippen LogP contribution in [0, 0.1) is 0 Å². The van der Waals surface area contributed by atoms with Gasteiger partial charge in [0.25, 0.3) is 0 Å². The first-order valence-corrected chi connectivity index (χ1v) is 5.78. The van der Waals surface area contributed by atoms with Crippen LogP contribution in [0.5, 0.6) is 0 Å². The number of rotatable bonds is 5. The Morgan fingerprint density at radius 2 is 2.20 bits per heavy atom. The molecule has 1 aliphatic rings. The van der Waals surface area contributed by atoms with Crippen LogP contribution in [0.3, 0.4) is 0 Å². The molecular formula is C11H21NO3. The predicted octanol–water partition coefficient (Wildman–Crippen LogP) is 1.23. The van der Waals surface area contributed by atoms with Crippen LogP contribution < -0.4 is 5.73 Å². The molecule has 0 spiro atoms. The number of hydrogen-bond donors (Lipinski definition) is 1. The molecule has 0 radical (unpaired) electrons. The van der Waals surface area contributed by atoms with Gasteiger partial charge in [-0.1, -0.05) is 19.8 Å². The van der Waals surface area contributed by atoms with Gasteiger partial charge in [0.1, 0.15) is 12.1 Å². The summed E-state index contributed by atoms with van der Waals surface area (Å²) < 4.78 is 10.5. The number of esters is 1. The maximum Gasteiger partial charge on any atom is 0.323 e. The second kappa shape index (κ2) is 6.80. The van der Waals surface area contributed by atoms with E-state index in [1.807, 2.05) is 0 Å². The lowest BCUT2D eigenvalue weighted by molar-refractivity contribution is -0.154. The molecule has 2 N–H and O–H groups in total. The molecule has 1 fully saturated rings. The Kier molecular flexibility index (Phi) is 5.65. The van der Waals surface area contributed by atoms with Crippen molar-refractivity contribution in [1.29, 1.82) is 0 Å². The van der Waals surface area contributed by atoms with Crippen LogP contribution in [0.4, 0.5) is 0 Å². The summed E-state index contributed by atoms with van der Waals surface area (Å²) in [6.45, 7) is 3.45. The second-order valence-electron chi connectivity index (χ2n) is 4.00. The van der Waals surface area contributed by atoms with E-state index in [-0.39, 0.29) is 12.1 Å². The molecule has 1 heterocycles. The third-order valence-corrected chi connectivity index (χ3v) is 2.62. The highest BCUT2D eigenvalue weighted by Crippen LogP contribution is 2.12. The topological polar surface area (TPSA) is 61.6 Å². The van der Waals surface area contributed by atoms with Gasteiger partial charge in [0, 0.05) is 12.8 Å². The smallest absolute Gasteiger partial charge is 0.323 e. The van der Waals surface area contributed by atoms with Gasteiger partial charge in [-0.05, 0) is 6.42 Å². The van der Waals surface area contributed by atoms with E-state index in [4.69, 9.17) is 15.2 Å². The van der Waals surface area contributed by atoms with Crippen molar-refractivity contribution in [3.05, 3.63) is 0 Å². The summed E-state index contributed by atoms with van der Waals surface area (Å²) in [5.74, 6) is -0.254. The zero-order valence-corrected chi connectivity index (χ0v) is 9.41. The van der Waals surface area contributed by atoms with E-state index in [9.17, 15) is 4.79 Å². The average molecular weight is 215 g/mol. The summed E-state index contributed by atoms with van der Waals surface area (Å²) >= 11 is 0. The molecule has 0 amide bonds. The summed E-state index contributed by atoms with van der Waals surface area (Å²) in [4.78, 5) is 11.5. The van der Waals surface area contributed by atoms with E-state index in [0.29, 0.717) is 13.2 Å². The van der Waals surface area contributed by atoms with Crippen LogP contribution in [-0.4, -0.2) is 31.3 Å². The monoisotopic (exact) mass is 215 g/mol. The largest absolute Gasteiger partial charge is 0.461 e. The number of unbranched alkanes of at least 4 members (excludes halogenated alkanes) is 1. The van der Waals surface area contributed by atoms with Crippen LogP contribution >= 0.6 is 0 Å². The molecule has 1 aliphatic heterocycles. The maximum atomic E-state index is 11.5. The third kappa shape index (κ3) is 4.62. The van der Waals surface area contributed by atoms with Gasteiger partial charge in [-0.15, -0.1) is 0 Å². The van der Waals surface area contributed by atoms with Gasteiger partial charge >= 0.3 is 5.97 Å². The molecule has 15 heavy (non-hydrogen) atoms. The molecule has 0 aliphatic carbocycles. The standard InChI is InChI=1S/C11H21NO3/c1-2-3-4-10(12)11(13)15-9-5-7-14-8-6-9/h9-10H,2-8,12H2,1H3/t10-/m0/s1. The first-order chi connectivity index (χ1) is 7.24. The summed E-state index contributed by atoms with van der Waals surface area (Å²) in [5, 5.41) is 0. The van der Waals surface area contributed by atoms with Gasteiger partial charge in [0.2, 0.25) is 0 Å². The van der Waals surface area contributed by atoms with Gasteiger partial charge in [0.15, 0.2) is 0 Å². The fraction of sp³-hybridized carbons (Fsp3) is 0.909. The molecule has 0 aromatic heterocycles. The molecule has 1 saturated heterocycles. The number of carbonyl (C=O) groups is 1. The van der Waals surface area contributed by atoms with Gasteiger partial charge < -0.3 is 15.2 Å². The Balaban J connectivity index is 2.20. The number of hydrogen-bond acceptors (Lipinski definition) is 4. The zero-order chi connectivity index (χ0) is 11.1. The van der Waals surface area contributed by atoms with E-state index in [2.05, 4.69) is 6.92 Å². The third-order valence-electron chi connectivity index (χ3n) is 2.62.